The van der Waals surface area contributed by atoms with Gasteiger partial charge in [0.15, 0.2) is 0 Å². The van der Waals surface area contributed by atoms with Gasteiger partial charge in [-0.2, -0.15) is 4.31 Å². The van der Waals surface area contributed by atoms with Crippen LogP contribution in [0, 0.1) is 5.82 Å². The van der Waals surface area contributed by atoms with E-state index in [1.807, 2.05) is 35.2 Å². The van der Waals surface area contributed by atoms with Crippen molar-refractivity contribution in [2.45, 2.75) is 42.7 Å². The van der Waals surface area contributed by atoms with E-state index in [9.17, 15) is 22.4 Å². The van der Waals surface area contributed by atoms with Crippen molar-refractivity contribution in [3.63, 3.8) is 0 Å². The highest BCUT2D eigenvalue weighted by Crippen LogP contribution is 2.27. The molecule has 0 radical (unpaired) electrons. The van der Waals surface area contributed by atoms with Crippen molar-refractivity contribution in [3.05, 3.63) is 60.4 Å². The minimum absolute atomic E-state index is 0.0179. The molecular formula is C24H29FN4O4S. The van der Waals surface area contributed by atoms with E-state index in [-0.39, 0.29) is 35.8 Å². The fourth-order valence-electron chi connectivity index (χ4n) is 4.49. The summed E-state index contributed by atoms with van der Waals surface area (Å²) < 4.78 is 40.5. The van der Waals surface area contributed by atoms with Crippen molar-refractivity contribution >= 4 is 27.5 Å². The van der Waals surface area contributed by atoms with Crippen LogP contribution in [0.4, 0.5) is 10.1 Å². The summed E-state index contributed by atoms with van der Waals surface area (Å²) in [4.78, 5) is 27.3. The maximum Gasteiger partial charge on any atom is 0.243 e. The minimum Gasteiger partial charge on any atom is -0.352 e. The van der Waals surface area contributed by atoms with E-state index in [4.69, 9.17) is 0 Å². The number of hydrogen-bond donors (Lipinski definition) is 2. The van der Waals surface area contributed by atoms with Crippen molar-refractivity contribution < 1.29 is 22.4 Å². The Morgan fingerprint density at radius 2 is 1.62 bits per heavy atom. The predicted molar refractivity (Wildman–Crippen MR) is 126 cm³/mol. The number of rotatable bonds is 7. The highest BCUT2D eigenvalue weighted by Gasteiger charge is 2.40. The number of anilines is 1. The number of amides is 2. The molecule has 8 nitrogen and oxygen atoms in total. The summed E-state index contributed by atoms with van der Waals surface area (Å²) in [6, 6.07) is 13.1. The zero-order valence-corrected chi connectivity index (χ0v) is 19.6. The molecule has 0 unspecified atom stereocenters. The number of nitrogens with zero attached hydrogens (tertiary/aromatic N) is 2. The van der Waals surface area contributed by atoms with Gasteiger partial charge in [0.2, 0.25) is 21.8 Å². The van der Waals surface area contributed by atoms with Crippen LogP contribution in [-0.4, -0.2) is 67.7 Å². The van der Waals surface area contributed by atoms with Crippen LogP contribution in [0.1, 0.15) is 25.7 Å². The summed E-state index contributed by atoms with van der Waals surface area (Å²) >= 11 is 0. The first-order chi connectivity index (χ1) is 16.3. The van der Waals surface area contributed by atoms with Gasteiger partial charge < -0.3 is 10.6 Å². The number of hydrogen-bond acceptors (Lipinski definition) is 5. The van der Waals surface area contributed by atoms with E-state index in [2.05, 4.69) is 10.6 Å². The summed E-state index contributed by atoms with van der Waals surface area (Å²) in [5.74, 6) is -0.900. The molecule has 0 aromatic heterocycles. The van der Waals surface area contributed by atoms with Gasteiger partial charge in [-0.15, -0.1) is 0 Å². The van der Waals surface area contributed by atoms with Gasteiger partial charge in [-0.1, -0.05) is 18.2 Å². The van der Waals surface area contributed by atoms with Gasteiger partial charge in [0, 0.05) is 31.4 Å². The highest BCUT2D eigenvalue weighted by molar-refractivity contribution is 7.89. The fourth-order valence-corrected chi connectivity index (χ4v) is 6.15. The monoisotopic (exact) mass is 488 g/mol. The molecule has 2 aromatic rings. The Bertz CT molecular complexity index is 1100. The second kappa shape index (κ2) is 10.6. The standard InChI is InChI=1S/C24H29FN4O4S/c25-18-8-10-21(11-9-18)34(32,33)29-14-4-7-22(29)24(31)27-20-12-15-28(16-13-20)17-23(30)26-19-5-2-1-3-6-19/h1-3,5-6,8-11,20,22H,4,7,12-17H2,(H,26,30)(H,27,31)/t22-/m0/s1. The number of carbonyl (C=O) groups excluding carboxylic acids is 2. The van der Waals surface area contributed by atoms with Crippen LogP contribution in [0.3, 0.4) is 0 Å². The second-order valence-electron chi connectivity index (χ2n) is 8.70. The number of sulfonamides is 1. The third-order valence-electron chi connectivity index (χ3n) is 6.29. The normalized spacial score (nSPS) is 20.2. The molecule has 2 aromatic carbocycles. The lowest BCUT2D eigenvalue weighted by Crippen LogP contribution is -2.52. The van der Waals surface area contributed by atoms with Gasteiger partial charge in [0.25, 0.3) is 0 Å². The van der Waals surface area contributed by atoms with Crippen molar-refractivity contribution in [2.75, 3.05) is 31.5 Å². The molecule has 10 heteroatoms. The van der Waals surface area contributed by atoms with E-state index in [1.165, 1.54) is 16.4 Å². The summed E-state index contributed by atoms with van der Waals surface area (Å²) in [7, 11) is -3.89. The van der Waals surface area contributed by atoms with Crippen LogP contribution in [0.15, 0.2) is 59.5 Å². The zero-order chi connectivity index (χ0) is 24.1. The number of carbonyl (C=O) groups is 2. The van der Waals surface area contributed by atoms with Crippen LogP contribution in [0.25, 0.3) is 0 Å². The van der Waals surface area contributed by atoms with Crippen LogP contribution < -0.4 is 10.6 Å². The van der Waals surface area contributed by atoms with E-state index >= 15 is 0 Å². The van der Waals surface area contributed by atoms with Crippen molar-refractivity contribution in [3.8, 4) is 0 Å². The van der Waals surface area contributed by atoms with Crippen molar-refractivity contribution in [2.24, 2.45) is 0 Å². The summed E-state index contributed by atoms with van der Waals surface area (Å²) in [6.45, 7) is 1.86. The van der Waals surface area contributed by atoms with Crippen molar-refractivity contribution in [1.82, 2.24) is 14.5 Å². The van der Waals surface area contributed by atoms with Crippen LogP contribution in [0.2, 0.25) is 0 Å². The van der Waals surface area contributed by atoms with Gasteiger partial charge >= 0.3 is 0 Å². The minimum atomic E-state index is -3.89. The maximum atomic E-state index is 13.2. The van der Waals surface area contributed by atoms with E-state index in [0.717, 1.165) is 17.8 Å². The molecule has 0 bridgehead atoms. The van der Waals surface area contributed by atoms with Crippen LogP contribution in [-0.2, 0) is 19.6 Å². The summed E-state index contributed by atoms with van der Waals surface area (Å²) in [5.41, 5.74) is 0.756. The highest BCUT2D eigenvalue weighted by atomic mass is 32.2. The number of benzene rings is 2. The summed E-state index contributed by atoms with van der Waals surface area (Å²) in [5, 5.41) is 5.88. The largest absolute Gasteiger partial charge is 0.352 e. The molecular weight excluding hydrogens is 459 g/mol. The average Bonchev–Trinajstić information content (AvgIpc) is 3.32. The van der Waals surface area contributed by atoms with Gasteiger partial charge in [-0.3, -0.25) is 14.5 Å². The van der Waals surface area contributed by atoms with E-state index < -0.39 is 21.9 Å². The summed E-state index contributed by atoms with van der Waals surface area (Å²) in [6.07, 6.45) is 2.40. The Hall–Kier alpha value is -2.82. The van der Waals surface area contributed by atoms with Crippen molar-refractivity contribution in [1.29, 1.82) is 0 Å². The smallest absolute Gasteiger partial charge is 0.243 e. The Kier molecular flexibility index (Phi) is 7.60. The first-order valence-corrected chi connectivity index (χ1v) is 12.9. The molecule has 4 rings (SSSR count). The Morgan fingerprint density at radius 3 is 2.29 bits per heavy atom. The number of likely N-dealkylation sites (tertiary alicyclic amines) is 1. The van der Waals surface area contributed by atoms with E-state index in [0.29, 0.717) is 38.8 Å². The van der Waals surface area contributed by atoms with Crippen LogP contribution >= 0.6 is 0 Å². The molecule has 0 spiro atoms. The number of nitrogens with one attached hydrogen (secondary N) is 2. The topological polar surface area (TPSA) is 98.8 Å². The molecule has 0 aliphatic carbocycles. The Labute approximate surface area is 199 Å². The molecule has 2 amide bonds. The van der Waals surface area contributed by atoms with Gasteiger partial charge in [-0.05, 0) is 62.1 Å². The quantitative estimate of drug-likeness (QED) is 0.623. The second-order valence-corrected chi connectivity index (χ2v) is 10.6. The molecule has 2 aliphatic heterocycles. The molecule has 2 saturated heterocycles. The number of piperidine rings is 1. The fraction of sp³-hybridized carbons (Fsp3) is 0.417. The molecule has 2 fully saturated rings. The van der Waals surface area contributed by atoms with Gasteiger partial charge in [0.05, 0.1) is 11.4 Å². The number of para-hydroxylation sites is 1. The SMILES string of the molecule is O=C(CN1CCC(NC(=O)[C@@H]2CCCN2S(=O)(=O)c2ccc(F)cc2)CC1)Nc1ccccc1. The Morgan fingerprint density at radius 1 is 0.941 bits per heavy atom. The molecule has 2 N–H and O–H groups in total. The lowest BCUT2D eigenvalue weighted by Gasteiger charge is -2.33. The van der Waals surface area contributed by atoms with E-state index in [1.54, 1.807) is 0 Å². The molecule has 1 atom stereocenters. The van der Waals surface area contributed by atoms with Gasteiger partial charge in [-0.25, -0.2) is 12.8 Å². The molecule has 2 aliphatic rings. The molecule has 182 valence electrons. The maximum absolute atomic E-state index is 13.2. The number of halogens is 1. The molecule has 34 heavy (non-hydrogen) atoms. The third-order valence-corrected chi connectivity index (χ3v) is 8.21. The third kappa shape index (κ3) is 5.81. The lowest BCUT2D eigenvalue weighted by molar-refractivity contribution is -0.125. The van der Waals surface area contributed by atoms with Crippen LogP contribution in [0.5, 0.6) is 0 Å². The first kappa shape index (κ1) is 24.3. The average molecular weight is 489 g/mol. The Balaban J connectivity index is 1.28. The molecule has 2 heterocycles. The first-order valence-electron chi connectivity index (χ1n) is 11.5. The lowest BCUT2D eigenvalue weighted by atomic mass is 10.0. The molecule has 0 saturated carbocycles. The van der Waals surface area contributed by atoms with Gasteiger partial charge in [0.1, 0.15) is 11.9 Å². The zero-order valence-electron chi connectivity index (χ0n) is 18.8. The predicted octanol–water partition coefficient (Wildman–Crippen LogP) is 2.20.